The Morgan fingerprint density at radius 2 is 1.00 bits per heavy atom. The summed E-state index contributed by atoms with van der Waals surface area (Å²) >= 11 is 0. The highest BCUT2D eigenvalue weighted by atomic mass is 15.1. The van der Waals surface area contributed by atoms with Gasteiger partial charge in [0.15, 0.2) is 0 Å². The number of benzene rings is 8. The molecule has 1 aliphatic rings. The third-order valence-corrected chi connectivity index (χ3v) is 10.5. The van der Waals surface area contributed by atoms with Gasteiger partial charge in [0.1, 0.15) is 0 Å². The Bertz CT molecular complexity index is 4660. The zero-order chi connectivity index (χ0) is 55.7. The molecule has 3 heterocycles. The Labute approximate surface area is 359 Å². The first-order chi connectivity index (χ1) is 37.1. The second-order valence-electron chi connectivity index (χ2n) is 13.6. The van der Waals surface area contributed by atoms with Crippen LogP contribution < -0.4 is 0 Å². The molecule has 3 aromatic heterocycles. The molecule has 11 aromatic rings. The van der Waals surface area contributed by atoms with Crippen LogP contribution in [0.3, 0.4) is 0 Å². The molecule has 0 bridgehead atoms. The minimum Gasteiger partial charge on any atom is -0.309 e. The predicted octanol–water partition coefficient (Wildman–Crippen LogP) is 14.4. The number of hydrogen-bond donors (Lipinski definition) is 0. The SMILES string of the molecule is [2H]c1c([2H])c([2H])c2c(c1[2H])c1c([2H])c([2H])c([2H])c(-c3c([2H])c([2H])c4c(c3[2H])c3c([2H])c([2H])c([2H])c([2H])c3n4-c3c([2H])c([2H])c([2H])c4c5c([2H])c([2H])c([2H])c([2H])c5n(-c5ccccc5)c34)c1n2-c1ccc(C2=CCCC=C2)cc1. The molecule has 0 unspecified atom stereocenters. The molecule has 3 heteroatoms. The molecule has 8 aromatic carbocycles. The van der Waals surface area contributed by atoms with Gasteiger partial charge in [0, 0.05) is 49.3 Å². The maximum absolute atomic E-state index is 10.3. The summed E-state index contributed by atoms with van der Waals surface area (Å²) in [5.41, 5.74) is -0.934. The van der Waals surface area contributed by atoms with Gasteiger partial charge in [-0.25, -0.2) is 0 Å². The van der Waals surface area contributed by atoms with E-state index in [1.807, 2.05) is 12.2 Å². The van der Waals surface area contributed by atoms with Crippen LogP contribution in [0, 0.1) is 0 Å². The van der Waals surface area contributed by atoms with Crippen molar-refractivity contribution in [3.05, 3.63) is 205 Å². The fourth-order valence-corrected chi connectivity index (χ4v) is 8.05. The van der Waals surface area contributed by atoms with Crippen LogP contribution in [-0.4, -0.2) is 13.7 Å². The summed E-state index contributed by atoms with van der Waals surface area (Å²) in [5.74, 6) is 0. The Morgan fingerprint density at radius 1 is 0.421 bits per heavy atom. The van der Waals surface area contributed by atoms with E-state index in [2.05, 4.69) is 6.08 Å². The van der Waals surface area contributed by atoms with Gasteiger partial charge in [-0.3, -0.25) is 0 Å². The van der Waals surface area contributed by atoms with Gasteiger partial charge in [-0.15, -0.1) is 0 Å². The molecule has 268 valence electrons. The molecule has 0 radical (unpaired) electrons. The highest BCUT2D eigenvalue weighted by Gasteiger charge is 2.22. The molecule has 0 amide bonds. The summed E-state index contributed by atoms with van der Waals surface area (Å²) in [5, 5.41) is -1.79. The van der Waals surface area contributed by atoms with Crippen LogP contribution in [0.2, 0.25) is 0 Å². The Kier molecular flexibility index (Phi) is 3.89. The molecule has 12 rings (SSSR count). The molecule has 0 saturated carbocycles. The number of fused-ring (bicyclic) bond motifs is 9. The molecule has 0 fully saturated rings. The van der Waals surface area contributed by atoms with E-state index < -0.39 is 166 Å². The molecule has 0 atom stereocenters. The summed E-state index contributed by atoms with van der Waals surface area (Å²) in [7, 11) is 0. The number of rotatable bonds is 5. The van der Waals surface area contributed by atoms with Gasteiger partial charge >= 0.3 is 0 Å². The molecular weight excluding hydrogens is 691 g/mol. The minimum atomic E-state index is -0.837. The number of allylic oxidation sites excluding steroid dienone is 4. The standard InChI is InChI=1S/C54H37N3/c1-3-15-36(16-4-1)37-29-32-40(33-30-37)55-48-25-10-7-19-42(48)45-23-13-22-41(53(45)55)38-31-34-51-47(35-38)44-21-9-12-27-50(44)57(51)52-28-14-24-46-43-20-8-11-26-49(43)56(54(46)52)39-17-5-2-6-18-39/h2-3,5-35H,1,4H2/i7D,8D,9D,10D,11D,12D,13D,14D,19D,20D,21D,22D,23D,24D,25D,26D,27D,28D,31D,34D,35D. The van der Waals surface area contributed by atoms with Crippen molar-refractivity contribution in [2.75, 3.05) is 0 Å². The van der Waals surface area contributed by atoms with Crippen LogP contribution in [0.25, 0.3) is 99.2 Å². The summed E-state index contributed by atoms with van der Waals surface area (Å²) in [6.45, 7) is 0. The Morgan fingerprint density at radius 3 is 1.70 bits per heavy atom. The van der Waals surface area contributed by atoms with E-state index in [-0.39, 0.29) is 55.0 Å². The zero-order valence-corrected chi connectivity index (χ0v) is 29.7. The van der Waals surface area contributed by atoms with Crippen LogP contribution in [0.5, 0.6) is 0 Å². The van der Waals surface area contributed by atoms with Crippen molar-refractivity contribution in [2.24, 2.45) is 0 Å². The molecule has 3 nitrogen and oxygen atoms in total. The van der Waals surface area contributed by atoms with E-state index in [4.69, 9.17) is 9.60 Å². The Balaban J connectivity index is 1.32. The molecule has 0 saturated heterocycles. The molecule has 1 aliphatic carbocycles. The van der Waals surface area contributed by atoms with Crippen LogP contribution in [0.1, 0.15) is 47.2 Å². The normalized spacial score (nSPS) is 18.3. The van der Waals surface area contributed by atoms with E-state index >= 15 is 0 Å². The van der Waals surface area contributed by atoms with Gasteiger partial charge in [0.2, 0.25) is 0 Å². The average molecular weight is 749 g/mol. The van der Waals surface area contributed by atoms with Gasteiger partial charge in [-0.05, 0) is 90.1 Å². The number of para-hydroxylation sites is 6. The summed E-state index contributed by atoms with van der Waals surface area (Å²) in [6, 6.07) is 0.231. The van der Waals surface area contributed by atoms with Crippen LogP contribution in [0.15, 0.2) is 200 Å². The van der Waals surface area contributed by atoms with Crippen molar-refractivity contribution in [1.29, 1.82) is 0 Å². The summed E-state index contributed by atoms with van der Waals surface area (Å²) in [4.78, 5) is 0. The highest BCUT2D eigenvalue weighted by molar-refractivity contribution is 6.17. The third-order valence-electron chi connectivity index (χ3n) is 10.5. The molecule has 57 heavy (non-hydrogen) atoms. The third kappa shape index (κ3) is 4.79. The maximum Gasteiger partial charge on any atom is 0.0782 e. The second kappa shape index (κ2) is 12.6. The van der Waals surface area contributed by atoms with Crippen LogP contribution in [0.4, 0.5) is 0 Å². The van der Waals surface area contributed by atoms with E-state index in [0.29, 0.717) is 0 Å². The lowest BCUT2D eigenvalue weighted by molar-refractivity contribution is 1.04. The minimum absolute atomic E-state index is 0.164. The first-order valence-electron chi connectivity index (χ1n) is 28.7. The smallest absolute Gasteiger partial charge is 0.0782 e. The lowest BCUT2D eigenvalue weighted by Crippen LogP contribution is -2.00. The monoisotopic (exact) mass is 748 g/mol. The van der Waals surface area contributed by atoms with Crippen molar-refractivity contribution in [3.8, 4) is 28.2 Å². The summed E-state index contributed by atoms with van der Waals surface area (Å²) < 4.78 is 199. The van der Waals surface area contributed by atoms with E-state index in [1.54, 1.807) is 54.6 Å². The first kappa shape index (κ1) is 17.6. The van der Waals surface area contributed by atoms with Crippen molar-refractivity contribution >= 4 is 71.0 Å². The van der Waals surface area contributed by atoms with E-state index in [9.17, 15) is 19.2 Å². The fraction of sp³-hybridized carbons (Fsp3) is 0.0370. The van der Waals surface area contributed by atoms with Gasteiger partial charge in [0.05, 0.1) is 67.6 Å². The van der Waals surface area contributed by atoms with Crippen molar-refractivity contribution < 1.29 is 28.8 Å². The summed E-state index contributed by atoms with van der Waals surface area (Å²) in [6.07, 6.45) is 7.72. The van der Waals surface area contributed by atoms with Crippen molar-refractivity contribution in [2.45, 2.75) is 12.8 Å². The second-order valence-corrected chi connectivity index (χ2v) is 13.6. The quantitative estimate of drug-likeness (QED) is 0.166. The van der Waals surface area contributed by atoms with E-state index in [0.717, 1.165) is 28.5 Å². The van der Waals surface area contributed by atoms with Gasteiger partial charge < -0.3 is 13.7 Å². The average Bonchev–Trinajstić information content (AvgIpc) is 4.30. The van der Waals surface area contributed by atoms with Crippen LogP contribution >= 0.6 is 0 Å². The zero-order valence-electron chi connectivity index (χ0n) is 50.7. The molecule has 0 aliphatic heterocycles. The van der Waals surface area contributed by atoms with Crippen molar-refractivity contribution in [1.82, 2.24) is 13.7 Å². The van der Waals surface area contributed by atoms with Gasteiger partial charge in [-0.2, -0.15) is 0 Å². The molecular formula is C54H37N3. The van der Waals surface area contributed by atoms with E-state index in [1.165, 1.54) is 9.13 Å². The van der Waals surface area contributed by atoms with Gasteiger partial charge in [0.25, 0.3) is 0 Å². The van der Waals surface area contributed by atoms with Crippen LogP contribution in [-0.2, 0) is 0 Å². The molecule has 0 N–H and O–H groups in total. The van der Waals surface area contributed by atoms with Crippen molar-refractivity contribution in [3.63, 3.8) is 0 Å². The predicted molar refractivity (Wildman–Crippen MR) is 241 cm³/mol. The number of aromatic nitrogens is 3. The first-order valence-corrected chi connectivity index (χ1v) is 18.2. The number of nitrogens with zero attached hydrogens (tertiary/aromatic N) is 3. The molecule has 0 spiro atoms. The van der Waals surface area contributed by atoms with Gasteiger partial charge in [-0.1, -0.05) is 139 Å². The lowest BCUT2D eigenvalue weighted by atomic mass is 9.99. The lowest BCUT2D eigenvalue weighted by Gasteiger charge is -2.15. The maximum atomic E-state index is 10.3. The Hall–Kier alpha value is -7.36. The highest BCUT2D eigenvalue weighted by Crippen LogP contribution is 2.43. The fourth-order valence-electron chi connectivity index (χ4n) is 8.05. The number of hydrogen-bond acceptors (Lipinski definition) is 0. The topological polar surface area (TPSA) is 14.8 Å². The largest absolute Gasteiger partial charge is 0.309 e.